The first kappa shape index (κ1) is 57.6. The second-order valence-corrected chi connectivity index (χ2v) is 21.5. The fourth-order valence-electron chi connectivity index (χ4n) is 10.6. The second-order valence-electron chi connectivity index (χ2n) is 21.5. The van der Waals surface area contributed by atoms with Crippen LogP contribution in [0.25, 0.3) is 0 Å². The van der Waals surface area contributed by atoms with E-state index in [1.54, 1.807) is 4.90 Å². The van der Waals surface area contributed by atoms with Crippen molar-refractivity contribution in [1.29, 1.82) is 0 Å². The number of hydrogen-bond acceptors (Lipinski definition) is 13. The van der Waals surface area contributed by atoms with Crippen molar-refractivity contribution < 1.29 is 67.1 Å². The van der Waals surface area contributed by atoms with Gasteiger partial charge in [0.1, 0.15) is 52.4 Å². The Labute approximate surface area is 441 Å². The maximum atomic E-state index is 14.4. The molecule has 0 aliphatic carbocycles. The number of ether oxygens (including phenoxy) is 6. The number of esters is 4. The van der Waals surface area contributed by atoms with Crippen LogP contribution >= 0.6 is 0 Å². The van der Waals surface area contributed by atoms with Gasteiger partial charge in [0, 0.05) is 69.3 Å². The number of allylic oxidation sites excluding steroid dienone is 8. The Morgan fingerprint density at radius 2 is 1.07 bits per heavy atom. The first-order valence-corrected chi connectivity index (χ1v) is 26.2. The van der Waals surface area contributed by atoms with Crippen molar-refractivity contribution in [1.82, 2.24) is 9.80 Å². The van der Waals surface area contributed by atoms with Crippen LogP contribution in [0, 0.1) is 0 Å². The van der Waals surface area contributed by atoms with Gasteiger partial charge in [-0.2, -0.15) is 0 Å². The molecule has 16 heteroatoms. The third-order valence-corrected chi connectivity index (χ3v) is 14.5. The number of aliphatic carboxylic acids is 1. The molecule has 0 unspecified atom stereocenters. The topological polar surface area (TPSA) is 202 Å². The van der Waals surface area contributed by atoms with Crippen molar-refractivity contribution >= 4 is 41.7 Å². The lowest BCUT2D eigenvalue weighted by Crippen LogP contribution is -2.51. The van der Waals surface area contributed by atoms with Crippen LogP contribution in [-0.4, -0.2) is 92.6 Å². The molecule has 6 rings (SSSR count). The normalized spacial score (nSPS) is 21.1. The summed E-state index contributed by atoms with van der Waals surface area (Å²) in [5.41, 5.74) is 5.17. The van der Waals surface area contributed by atoms with E-state index in [2.05, 4.69) is 65.8 Å². The van der Waals surface area contributed by atoms with Gasteiger partial charge in [-0.25, -0.2) is 4.79 Å². The molecular formula is C59H76N2O14. The van der Waals surface area contributed by atoms with Crippen molar-refractivity contribution in [2.45, 2.75) is 203 Å². The van der Waals surface area contributed by atoms with E-state index in [0.717, 1.165) is 25.7 Å². The number of carbonyl (C=O) groups excluding carboxylic acids is 6. The minimum absolute atomic E-state index is 0.0305. The van der Waals surface area contributed by atoms with E-state index in [1.165, 1.54) is 67.0 Å². The van der Waals surface area contributed by atoms with Crippen LogP contribution in [0.4, 0.5) is 0 Å². The standard InChI is InChI=1S/C59H76N2O14/c1-34(2)18-13-20-36(5)22-15-25-58(11)51(72-40(9)64)30-44-49(70-38(7)62)28-42-46(53(44)74-58)32-60(55(42)66)27-17-24-48(57(68)69)61-33-47-43(56(61)67)29-50(71-39(8)63)45-31-52(73-41(10)65)59(12,75-54(45)47)26-16-23-37(6)21-14-19-35(3)4/h18-19,22-23,28-29,48,51-52H,13-17,20-21,24-27,30-33H2,1-12H3,(H,68,69)/b36-22+,37-23+/t48-,51-,52-,58+,59+/m0/s1. The maximum Gasteiger partial charge on any atom is 0.326 e. The quantitative estimate of drug-likeness (QED) is 0.0663. The molecule has 16 nitrogen and oxygen atoms in total. The molecule has 4 aliphatic rings. The predicted molar refractivity (Wildman–Crippen MR) is 281 cm³/mol. The number of carbonyl (C=O) groups is 7. The molecule has 4 heterocycles. The largest absolute Gasteiger partial charge is 0.483 e. The van der Waals surface area contributed by atoms with Gasteiger partial charge in [0.2, 0.25) is 0 Å². The minimum atomic E-state index is -1.32. The summed E-state index contributed by atoms with van der Waals surface area (Å²) in [7, 11) is 0. The van der Waals surface area contributed by atoms with Crippen molar-refractivity contribution in [2.24, 2.45) is 0 Å². The molecule has 0 bridgehead atoms. The molecule has 4 aliphatic heterocycles. The van der Waals surface area contributed by atoms with E-state index in [4.69, 9.17) is 28.4 Å². The van der Waals surface area contributed by atoms with Gasteiger partial charge in [0.25, 0.3) is 11.8 Å². The highest BCUT2D eigenvalue weighted by atomic mass is 16.6. The summed E-state index contributed by atoms with van der Waals surface area (Å²) in [6, 6.07) is 1.63. The summed E-state index contributed by atoms with van der Waals surface area (Å²) in [6.07, 6.45) is 13.4. The van der Waals surface area contributed by atoms with E-state index < -0.39 is 65.2 Å². The average molecular weight is 1040 g/mol. The Morgan fingerprint density at radius 1 is 0.627 bits per heavy atom. The van der Waals surface area contributed by atoms with E-state index in [-0.39, 0.29) is 79.6 Å². The van der Waals surface area contributed by atoms with Crippen LogP contribution in [-0.2, 0) is 59.4 Å². The summed E-state index contributed by atoms with van der Waals surface area (Å²) in [5.74, 6) is -3.61. The molecule has 2 amide bonds. The highest BCUT2D eigenvalue weighted by Crippen LogP contribution is 2.50. The van der Waals surface area contributed by atoms with E-state index in [0.29, 0.717) is 53.7 Å². The number of hydrogen-bond donors (Lipinski definition) is 1. The molecule has 0 spiro atoms. The second kappa shape index (κ2) is 24.3. The van der Waals surface area contributed by atoms with E-state index in [1.807, 2.05) is 13.8 Å². The molecular weight excluding hydrogens is 961 g/mol. The van der Waals surface area contributed by atoms with Gasteiger partial charge < -0.3 is 43.3 Å². The van der Waals surface area contributed by atoms with Gasteiger partial charge in [-0.05, 0) is 132 Å². The molecule has 1 N–H and O–H groups in total. The van der Waals surface area contributed by atoms with Crippen molar-refractivity contribution in [3.8, 4) is 23.0 Å². The fraction of sp³-hybridized carbons (Fsp3) is 0.542. The maximum absolute atomic E-state index is 14.4. The number of carboxylic acid groups (broad SMARTS) is 1. The molecule has 0 saturated heterocycles. The number of nitrogens with zero attached hydrogens (tertiary/aromatic N) is 2. The van der Waals surface area contributed by atoms with Gasteiger partial charge >= 0.3 is 29.8 Å². The van der Waals surface area contributed by atoms with Crippen LogP contribution in [0.2, 0.25) is 0 Å². The molecule has 2 aromatic rings. The van der Waals surface area contributed by atoms with Crippen LogP contribution in [0.5, 0.6) is 23.0 Å². The minimum Gasteiger partial charge on any atom is -0.483 e. The third kappa shape index (κ3) is 14.0. The lowest BCUT2D eigenvalue weighted by atomic mass is 9.83. The summed E-state index contributed by atoms with van der Waals surface area (Å²) in [5, 5.41) is 10.7. The van der Waals surface area contributed by atoms with Gasteiger partial charge in [-0.15, -0.1) is 0 Å². The first-order valence-electron chi connectivity index (χ1n) is 26.2. The highest BCUT2D eigenvalue weighted by molar-refractivity contribution is 6.02. The van der Waals surface area contributed by atoms with E-state index in [9.17, 15) is 38.7 Å². The van der Waals surface area contributed by atoms with Gasteiger partial charge in [-0.1, -0.05) is 46.6 Å². The third-order valence-electron chi connectivity index (χ3n) is 14.5. The smallest absolute Gasteiger partial charge is 0.326 e. The van der Waals surface area contributed by atoms with Gasteiger partial charge in [-0.3, -0.25) is 28.8 Å². The number of benzene rings is 2. The van der Waals surface area contributed by atoms with Crippen molar-refractivity contribution in [3.05, 3.63) is 92.1 Å². The number of fused-ring (bicyclic) bond motifs is 6. The Balaban J connectivity index is 1.23. The first-order chi connectivity index (χ1) is 35.3. The average Bonchev–Trinajstić information content (AvgIpc) is 3.79. The Morgan fingerprint density at radius 3 is 1.48 bits per heavy atom. The van der Waals surface area contributed by atoms with Gasteiger partial charge in [0.15, 0.2) is 0 Å². The Hall–Kier alpha value is -6.71. The summed E-state index contributed by atoms with van der Waals surface area (Å²) in [4.78, 5) is 94.6. The Bertz CT molecular complexity index is 2720. The molecule has 406 valence electrons. The lowest BCUT2D eigenvalue weighted by molar-refractivity contribution is -0.161. The van der Waals surface area contributed by atoms with E-state index >= 15 is 0 Å². The summed E-state index contributed by atoms with van der Waals surface area (Å²) in [6.45, 7) is 21.4. The molecule has 5 atom stereocenters. The molecule has 0 fully saturated rings. The zero-order chi connectivity index (χ0) is 55.1. The van der Waals surface area contributed by atoms with Gasteiger partial charge in [0.05, 0.1) is 24.2 Å². The molecule has 0 aromatic heterocycles. The van der Waals surface area contributed by atoms with Crippen LogP contribution < -0.4 is 18.9 Å². The van der Waals surface area contributed by atoms with Crippen LogP contribution in [0.1, 0.15) is 190 Å². The molecule has 0 saturated carbocycles. The number of amides is 2. The van der Waals surface area contributed by atoms with Crippen LogP contribution in [0.3, 0.4) is 0 Å². The fourth-order valence-corrected chi connectivity index (χ4v) is 10.6. The van der Waals surface area contributed by atoms with Crippen molar-refractivity contribution in [3.63, 3.8) is 0 Å². The predicted octanol–water partition coefficient (Wildman–Crippen LogP) is 10.6. The van der Waals surface area contributed by atoms with Crippen molar-refractivity contribution in [2.75, 3.05) is 6.54 Å². The monoisotopic (exact) mass is 1040 g/mol. The molecule has 75 heavy (non-hydrogen) atoms. The number of rotatable bonds is 22. The molecule has 0 radical (unpaired) electrons. The number of carboxylic acids is 1. The summed E-state index contributed by atoms with van der Waals surface area (Å²) >= 11 is 0. The zero-order valence-electron chi connectivity index (χ0n) is 46.0. The highest BCUT2D eigenvalue weighted by Gasteiger charge is 2.49. The zero-order valence-corrected chi connectivity index (χ0v) is 46.0. The summed E-state index contributed by atoms with van der Waals surface area (Å²) < 4.78 is 36.8. The lowest BCUT2D eigenvalue weighted by Gasteiger charge is -2.42. The Kier molecular flexibility index (Phi) is 18.7. The van der Waals surface area contributed by atoms with Crippen LogP contribution in [0.15, 0.2) is 58.7 Å². The molecule has 2 aromatic carbocycles. The SMILES string of the molecule is CC(=O)Oc1cc2c(c3c1C[C@H](OC(C)=O)[C@@](C)(CC/C=C(\C)CCC=C(C)C)O3)CN(CCC[C@@H](C(=O)O)N1Cc3c(cc(OC(C)=O)c4c3O[C@](C)(CC/C=C(\C)CCC=C(C)C)[C@@H](OC(C)=O)C4)C1=O)C2=O.